The highest BCUT2D eigenvalue weighted by molar-refractivity contribution is 9.10. The van der Waals surface area contributed by atoms with Crippen LogP contribution >= 0.6 is 15.9 Å². The second kappa shape index (κ2) is 6.69. The zero-order valence-electron chi connectivity index (χ0n) is 12.0. The van der Waals surface area contributed by atoms with Crippen LogP contribution in [0.5, 0.6) is 0 Å². The Morgan fingerprint density at radius 1 is 1.33 bits per heavy atom. The van der Waals surface area contributed by atoms with Crippen molar-refractivity contribution in [3.05, 3.63) is 34.3 Å². The van der Waals surface area contributed by atoms with Crippen molar-refractivity contribution in [1.29, 1.82) is 0 Å². The van der Waals surface area contributed by atoms with Crippen LogP contribution in [0.3, 0.4) is 0 Å². The van der Waals surface area contributed by atoms with Gasteiger partial charge in [0, 0.05) is 23.7 Å². The fourth-order valence-corrected chi connectivity index (χ4v) is 2.60. The van der Waals surface area contributed by atoms with Gasteiger partial charge in [0.15, 0.2) is 0 Å². The third-order valence-electron chi connectivity index (χ3n) is 3.23. The summed E-state index contributed by atoms with van der Waals surface area (Å²) in [7, 11) is 1.77. The Morgan fingerprint density at radius 3 is 2.56 bits per heavy atom. The second-order valence-electron chi connectivity index (χ2n) is 5.51. The first-order chi connectivity index (χ1) is 8.34. The number of halogens is 1. The van der Waals surface area contributed by atoms with Crippen LogP contribution in [-0.2, 0) is 4.74 Å². The summed E-state index contributed by atoms with van der Waals surface area (Å²) in [4.78, 5) is 0. The van der Waals surface area contributed by atoms with Crippen LogP contribution in [0.4, 0.5) is 0 Å². The molecular formula is C15H24BrNO. The van der Waals surface area contributed by atoms with Gasteiger partial charge in [-0.3, -0.25) is 0 Å². The van der Waals surface area contributed by atoms with Gasteiger partial charge in [-0.25, -0.2) is 0 Å². The van der Waals surface area contributed by atoms with Gasteiger partial charge in [0.05, 0.1) is 5.60 Å². The predicted octanol–water partition coefficient (Wildman–Crippen LogP) is 4.30. The van der Waals surface area contributed by atoms with Gasteiger partial charge in [-0.05, 0) is 51.8 Å². The first kappa shape index (κ1) is 15.7. The van der Waals surface area contributed by atoms with Crippen LogP contribution in [0.15, 0.2) is 28.7 Å². The minimum atomic E-state index is -0.0800. The fourth-order valence-electron chi connectivity index (χ4n) is 2.18. The van der Waals surface area contributed by atoms with E-state index in [1.807, 2.05) is 6.07 Å². The molecule has 2 atom stereocenters. The van der Waals surface area contributed by atoms with Crippen molar-refractivity contribution < 1.29 is 4.74 Å². The van der Waals surface area contributed by atoms with Crippen molar-refractivity contribution >= 4 is 15.9 Å². The maximum absolute atomic E-state index is 5.47. The Hall–Kier alpha value is -0.380. The van der Waals surface area contributed by atoms with E-state index in [4.69, 9.17) is 4.74 Å². The average Bonchev–Trinajstić information content (AvgIpc) is 2.28. The van der Waals surface area contributed by atoms with Crippen molar-refractivity contribution in [3.8, 4) is 0 Å². The fraction of sp³-hybridized carbons (Fsp3) is 0.600. The SMILES string of the molecule is COC(C)(C)CC(C)NC(C)c1cccc(Br)c1. The molecule has 1 rings (SSSR count). The first-order valence-electron chi connectivity index (χ1n) is 6.41. The number of methoxy groups -OCH3 is 1. The van der Waals surface area contributed by atoms with Crippen LogP contribution in [-0.4, -0.2) is 18.8 Å². The molecule has 0 aliphatic rings. The molecule has 0 aliphatic heterocycles. The molecule has 0 amide bonds. The molecular weight excluding hydrogens is 290 g/mol. The zero-order valence-corrected chi connectivity index (χ0v) is 13.5. The molecule has 0 aliphatic carbocycles. The third kappa shape index (κ3) is 5.09. The molecule has 0 saturated carbocycles. The van der Waals surface area contributed by atoms with Gasteiger partial charge < -0.3 is 10.1 Å². The van der Waals surface area contributed by atoms with E-state index >= 15 is 0 Å². The number of nitrogens with one attached hydrogen (secondary N) is 1. The predicted molar refractivity (Wildman–Crippen MR) is 80.9 cm³/mol. The summed E-state index contributed by atoms with van der Waals surface area (Å²) in [5.41, 5.74) is 1.22. The first-order valence-corrected chi connectivity index (χ1v) is 7.20. The molecule has 0 saturated heterocycles. The standard InChI is InChI=1S/C15H24BrNO/c1-11(10-15(3,4)18-5)17-12(2)13-7-6-8-14(16)9-13/h6-9,11-12,17H,10H2,1-5H3. The molecule has 2 nitrogen and oxygen atoms in total. The summed E-state index contributed by atoms with van der Waals surface area (Å²) in [6, 6.07) is 9.18. The van der Waals surface area contributed by atoms with Crippen molar-refractivity contribution in [2.24, 2.45) is 0 Å². The van der Waals surface area contributed by atoms with Crippen LogP contribution in [0.2, 0.25) is 0 Å². The van der Waals surface area contributed by atoms with Gasteiger partial charge >= 0.3 is 0 Å². The second-order valence-corrected chi connectivity index (χ2v) is 6.43. The van der Waals surface area contributed by atoms with E-state index in [-0.39, 0.29) is 5.60 Å². The smallest absolute Gasteiger partial charge is 0.0637 e. The highest BCUT2D eigenvalue weighted by Gasteiger charge is 2.21. The minimum absolute atomic E-state index is 0.0800. The summed E-state index contributed by atoms with van der Waals surface area (Å²) >= 11 is 3.51. The lowest BCUT2D eigenvalue weighted by molar-refractivity contribution is 0.00782. The lowest BCUT2D eigenvalue weighted by Crippen LogP contribution is -2.36. The summed E-state index contributed by atoms with van der Waals surface area (Å²) in [5, 5.41) is 3.61. The van der Waals surface area contributed by atoms with Crippen LogP contribution in [0.1, 0.15) is 45.7 Å². The van der Waals surface area contributed by atoms with Crippen molar-refractivity contribution in [2.75, 3.05) is 7.11 Å². The molecule has 3 heteroatoms. The van der Waals surface area contributed by atoms with Gasteiger partial charge in [0.25, 0.3) is 0 Å². The van der Waals surface area contributed by atoms with E-state index < -0.39 is 0 Å². The largest absolute Gasteiger partial charge is 0.379 e. The number of hydrogen-bond acceptors (Lipinski definition) is 2. The van der Waals surface area contributed by atoms with E-state index in [1.54, 1.807) is 7.11 Å². The molecule has 0 fully saturated rings. The van der Waals surface area contributed by atoms with Crippen molar-refractivity contribution in [2.45, 2.75) is 51.8 Å². The topological polar surface area (TPSA) is 21.3 Å². The molecule has 0 aromatic heterocycles. The molecule has 2 unspecified atom stereocenters. The minimum Gasteiger partial charge on any atom is -0.379 e. The van der Waals surface area contributed by atoms with Crippen molar-refractivity contribution in [1.82, 2.24) is 5.32 Å². The Bertz CT molecular complexity index is 379. The van der Waals surface area contributed by atoms with Gasteiger partial charge in [-0.2, -0.15) is 0 Å². The van der Waals surface area contributed by atoms with Crippen LogP contribution in [0.25, 0.3) is 0 Å². The molecule has 1 N–H and O–H groups in total. The number of rotatable bonds is 6. The monoisotopic (exact) mass is 313 g/mol. The quantitative estimate of drug-likeness (QED) is 0.845. The molecule has 0 bridgehead atoms. The molecule has 0 heterocycles. The van der Waals surface area contributed by atoms with E-state index in [0.717, 1.165) is 10.9 Å². The van der Waals surface area contributed by atoms with E-state index in [0.29, 0.717) is 12.1 Å². The third-order valence-corrected chi connectivity index (χ3v) is 3.73. The molecule has 1 aromatic rings. The Balaban J connectivity index is 2.57. The number of hydrogen-bond donors (Lipinski definition) is 1. The summed E-state index contributed by atoms with van der Waals surface area (Å²) in [5.74, 6) is 0. The normalized spacial score (nSPS) is 15.4. The van der Waals surface area contributed by atoms with E-state index in [9.17, 15) is 0 Å². The highest BCUT2D eigenvalue weighted by atomic mass is 79.9. The Kier molecular flexibility index (Phi) is 5.83. The van der Waals surface area contributed by atoms with E-state index in [2.05, 4.69) is 67.1 Å². The summed E-state index contributed by atoms with van der Waals surface area (Å²) in [6.07, 6.45) is 0.988. The average molecular weight is 314 g/mol. The molecule has 1 aromatic carbocycles. The lowest BCUT2D eigenvalue weighted by Gasteiger charge is -2.29. The van der Waals surface area contributed by atoms with Gasteiger partial charge in [-0.15, -0.1) is 0 Å². The van der Waals surface area contributed by atoms with E-state index in [1.165, 1.54) is 5.56 Å². The highest BCUT2D eigenvalue weighted by Crippen LogP contribution is 2.21. The maximum Gasteiger partial charge on any atom is 0.0637 e. The van der Waals surface area contributed by atoms with Crippen molar-refractivity contribution in [3.63, 3.8) is 0 Å². The summed E-state index contributed by atoms with van der Waals surface area (Å²) in [6.45, 7) is 8.64. The molecule has 18 heavy (non-hydrogen) atoms. The number of ether oxygens (including phenoxy) is 1. The number of benzene rings is 1. The summed E-state index contributed by atoms with van der Waals surface area (Å²) < 4.78 is 6.59. The molecule has 0 radical (unpaired) electrons. The molecule has 102 valence electrons. The van der Waals surface area contributed by atoms with Gasteiger partial charge in [-0.1, -0.05) is 28.1 Å². The maximum atomic E-state index is 5.47. The Labute approximate surface area is 119 Å². The Morgan fingerprint density at radius 2 is 2.00 bits per heavy atom. The van der Waals surface area contributed by atoms with Crippen LogP contribution < -0.4 is 5.32 Å². The molecule has 0 spiro atoms. The lowest BCUT2D eigenvalue weighted by atomic mass is 9.98. The van der Waals surface area contributed by atoms with Crippen LogP contribution in [0, 0.1) is 0 Å². The van der Waals surface area contributed by atoms with Gasteiger partial charge in [0.2, 0.25) is 0 Å². The zero-order chi connectivity index (χ0) is 13.8. The van der Waals surface area contributed by atoms with Gasteiger partial charge in [0.1, 0.15) is 0 Å².